The van der Waals surface area contributed by atoms with Crippen molar-refractivity contribution in [3.63, 3.8) is 0 Å². The molecule has 81 heavy (non-hydrogen) atoms. The molecule has 6 aromatic carbocycles. The lowest BCUT2D eigenvalue weighted by atomic mass is 9.78. The number of nitrogens with one attached hydrogen (secondary N) is 2. The number of alkyl halides is 9. The van der Waals surface area contributed by atoms with Gasteiger partial charge in [-0.25, -0.2) is 35.4 Å². The molecule has 0 fully saturated rings. The summed E-state index contributed by atoms with van der Waals surface area (Å²) in [7, 11) is -3.78. The molecule has 0 heterocycles. The highest BCUT2D eigenvalue weighted by Gasteiger charge is 2.47. The van der Waals surface area contributed by atoms with Crippen LogP contribution in [0.2, 0.25) is 0 Å². The summed E-state index contributed by atoms with van der Waals surface area (Å²) in [4.78, 5) is 0. The van der Waals surface area contributed by atoms with E-state index in [1.807, 2.05) is 0 Å². The zero-order valence-corrected chi connectivity index (χ0v) is 49.4. The number of hydrogen-bond acceptors (Lipinski definition) is 6. The lowest BCUT2D eigenvalue weighted by molar-refractivity contribution is -0.253. The fraction of sp³-hybridized carbons (Fsp3) is 0.379. The van der Waals surface area contributed by atoms with Gasteiger partial charge in [-0.3, -0.25) is 0 Å². The number of benzene rings is 6. The third-order valence-corrected chi connectivity index (χ3v) is 14.5. The predicted molar refractivity (Wildman–Crippen MR) is 299 cm³/mol. The molecular weight excluding hydrogens is 1240 g/mol. The van der Waals surface area contributed by atoms with Crippen LogP contribution in [0, 0.1) is 23.3 Å². The molecule has 0 aliphatic heterocycles. The van der Waals surface area contributed by atoms with Gasteiger partial charge in [-0.2, -0.15) is 35.1 Å². The van der Waals surface area contributed by atoms with E-state index < -0.39 is 108 Å². The van der Waals surface area contributed by atoms with E-state index in [2.05, 4.69) is 55.4 Å². The fourth-order valence-corrected chi connectivity index (χ4v) is 9.36. The molecule has 2 unspecified atom stereocenters. The molecule has 0 radical (unpaired) electrons. The first kappa shape index (κ1) is 68.1. The van der Waals surface area contributed by atoms with Crippen molar-refractivity contribution in [3.05, 3.63) is 190 Å². The second-order valence-electron chi connectivity index (χ2n) is 20.9. The molecule has 0 aliphatic rings. The van der Waals surface area contributed by atoms with E-state index in [9.17, 15) is 61.8 Å². The fourth-order valence-electron chi connectivity index (χ4n) is 7.50. The van der Waals surface area contributed by atoms with E-state index >= 15 is 4.39 Å². The summed E-state index contributed by atoms with van der Waals surface area (Å²) in [6, 6.07) is 29.2. The van der Waals surface area contributed by atoms with Crippen LogP contribution in [-0.2, 0) is 45.9 Å². The maximum atomic E-state index is 15.3. The van der Waals surface area contributed by atoms with E-state index in [0.29, 0.717) is 23.3 Å². The third kappa shape index (κ3) is 19.4. The van der Waals surface area contributed by atoms with Crippen LogP contribution in [0.4, 0.5) is 52.7 Å². The highest BCUT2D eigenvalue weighted by Crippen LogP contribution is 2.42. The Kier molecular flexibility index (Phi) is 23.8. The largest absolute Gasteiger partial charge is 0.505 e. The molecule has 4 atom stereocenters. The Hall–Kier alpha value is -5.37. The molecule has 8 nitrogen and oxygen atoms in total. The molecule has 0 spiro atoms. The summed E-state index contributed by atoms with van der Waals surface area (Å²) < 4.78 is 212. The Balaban J connectivity index is 0.000000328. The minimum atomic E-state index is -4.92. The minimum absolute atomic E-state index is 0.0569. The van der Waals surface area contributed by atoms with Crippen LogP contribution in [-0.4, -0.2) is 58.1 Å². The highest BCUT2D eigenvalue weighted by molar-refractivity contribution is 14.1. The Morgan fingerprint density at radius 3 is 1.20 bits per heavy atom. The predicted octanol–water partition coefficient (Wildman–Crippen LogP) is 15.8. The van der Waals surface area contributed by atoms with Gasteiger partial charge in [0.25, 0.3) is 0 Å². The van der Waals surface area contributed by atoms with Gasteiger partial charge >= 0.3 is 25.1 Å². The van der Waals surface area contributed by atoms with Gasteiger partial charge in [-0.05, 0) is 150 Å². The minimum Gasteiger partial charge on any atom is -0.505 e. The maximum absolute atomic E-state index is 15.3. The second kappa shape index (κ2) is 28.3. The number of rotatable bonds is 20. The SMILES string of the molecule is CC(C)(C)[S@@](=O)NC(Cc1ccccc1)(c1cc(F)cc(OC(F)(F)C(F)F)c1)c1ccc(O)c(F)c1.CC(C)I.CC(C)Oc1ccc(C(Cc2ccccc2)(N[S@](=O)C(C)(C)C)c2cc(F)cc(OC(F)(F)C(F)F)c2)cc1F. The molecule has 6 rings (SSSR count). The van der Waals surface area contributed by atoms with E-state index in [-0.39, 0.29) is 46.9 Å². The molecule has 0 amide bonds. The monoisotopic (exact) mass is 1300 g/mol. The Morgan fingerprint density at radius 1 is 0.519 bits per heavy atom. The van der Waals surface area contributed by atoms with Gasteiger partial charge in [-0.1, -0.05) is 109 Å². The second-order valence-corrected chi connectivity index (χ2v) is 27.3. The third-order valence-electron chi connectivity index (χ3n) is 11.2. The van der Waals surface area contributed by atoms with E-state index in [0.717, 1.165) is 46.4 Å². The van der Waals surface area contributed by atoms with Crippen molar-refractivity contribution >= 4 is 44.6 Å². The average molecular weight is 1300 g/mol. The first-order valence-corrected chi connectivity index (χ1v) is 28.3. The Bertz CT molecular complexity index is 3060. The average Bonchev–Trinajstić information content (AvgIpc) is 3.56. The van der Waals surface area contributed by atoms with Gasteiger partial charge in [0.05, 0.1) is 48.6 Å². The van der Waals surface area contributed by atoms with Gasteiger partial charge < -0.3 is 19.3 Å². The van der Waals surface area contributed by atoms with E-state index in [1.54, 1.807) is 116 Å². The van der Waals surface area contributed by atoms with Gasteiger partial charge in [0.1, 0.15) is 23.1 Å². The van der Waals surface area contributed by atoms with Crippen molar-refractivity contribution in [2.75, 3.05) is 0 Å². The van der Waals surface area contributed by atoms with E-state index in [1.165, 1.54) is 18.2 Å². The Labute approximate surface area is 482 Å². The molecule has 0 aliphatic carbocycles. The highest BCUT2D eigenvalue weighted by atomic mass is 127. The van der Waals surface area contributed by atoms with Gasteiger partial charge in [0.15, 0.2) is 23.1 Å². The van der Waals surface area contributed by atoms with Crippen molar-refractivity contribution in [1.29, 1.82) is 0 Å². The number of phenols is 1. The van der Waals surface area contributed by atoms with Gasteiger partial charge in [-0.15, -0.1) is 0 Å². The summed E-state index contributed by atoms with van der Waals surface area (Å²) in [6.45, 7) is 17.7. The van der Waals surface area contributed by atoms with Crippen molar-refractivity contribution in [2.24, 2.45) is 0 Å². The summed E-state index contributed by atoms with van der Waals surface area (Å²) in [6.07, 6.45) is -18.7. The Morgan fingerprint density at radius 2 is 0.877 bits per heavy atom. The molecule has 23 heteroatoms. The molecule has 0 saturated carbocycles. The molecule has 444 valence electrons. The first-order valence-electron chi connectivity index (χ1n) is 24.8. The standard InChI is InChI=1S/C29H31F6NO3S.C26H25F6NO3S.C3H7I/c1-18(2)38-25-12-11-20(15-24(25)31)28(36-40(37)27(3,4)5,17-19-9-7-6-8-10-19)21-13-22(30)16-23(14-21)39-29(34,35)26(32)33;1-24(2,3)37(35)33-25(15-16-7-5-4-6-8-16,17-9-10-22(34)21(28)13-17)18-11-19(27)14-20(12-18)36-26(31,32)23(29)30;1-3(2)4/h6-16,18,26,36H,17H2,1-5H3;4-14,23,33-34H,15H2,1-3H3;3H,1-2H3/t28?,40-;25?,37-;/m11./s1. The van der Waals surface area contributed by atoms with Crippen LogP contribution < -0.4 is 23.7 Å². The smallest absolute Gasteiger partial charge is 0.461 e. The quantitative estimate of drug-likeness (QED) is 0.0399. The molecule has 0 saturated heterocycles. The number of hydrogen-bond donors (Lipinski definition) is 3. The molecular formula is C58H63F12IN2O6S2. The zero-order chi connectivity index (χ0) is 61.1. The first-order chi connectivity index (χ1) is 37.4. The molecule has 0 aromatic heterocycles. The van der Waals surface area contributed by atoms with Crippen LogP contribution >= 0.6 is 22.6 Å². The number of phenolic OH excluding ortho intramolecular Hbond substituents is 1. The van der Waals surface area contributed by atoms with Crippen molar-refractivity contribution in [2.45, 2.75) is 138 Å². The molecule has 6 aromatic rings. The number of ether oxygens (including phenoxy) is 3. The summed E-state index contributed by atoms with van der Waals surface area (Å²) >= 11 is 2.34. The molecule has 3 N–H and O–H groups in total. The topological polar surface area (TPSA) is 106 Å². The van der Waals surface area contributed by atoms with Crippen molar-refractivity contribution in [3.8, 4) is 23.0 Å². The maximum Gasteiger partial charge on any atom is 0.461 e. The van der Waals surface area contributed by atoms with Crippen molar-refractivity contribution in [1.82, 2.24) is 9.44 Å². The van der Waals surface area contributed by atoms with Crippen LogP contribution in [0.25, 0.3) is 0 Å². The van der Waals surface area contributed by atoms with Crippen LogP contribution in [0.3, 0.4) is 0 Å². The summed E-state index contributed by atoms with van der Waals surface area (Å²) in [5, 5.41) is 9.76. The summed E-state index contributed by atoms with van der Waals surface area (Å²) in [5.41, 5.74) is -2.29. The zero-order valence-electron chi connectivity index (χ0n) is 45.6. The normalized spacial score (nSPS) is 14.5. The van der Waals surface area contributed by atoms with Crippen LogP contribution in [0.1, 0.15) is 103 Å². The van der Waals surface area contributed by atoms with Crippen molar-refractivity contribution < 1.29 is 80.4 Å². The summed E-state index contributed by atoms with van der Waals surface area (Å²) in [5.74, 6) is -6.57. The van der Waals surface area contributed by atoms with Gasteiger partial charge in [0, 0.05) is 16.1 Å². The lowest BCUT2D eigenvalue weighted by Crippen LogP contribution is -2.50. The van der Waals surface area contributed by atoms with Crippen LogP contribution in [0.15, 0.2) is 133 Å². The number of halogens is 13. The molecule has 0 bridgehead atoms. The van der Waals surface area contributed by atoms with E-state index in [4.69, 9.17) is 4.74 Å². The lowest BCUT2D eigenvalue weighted by Gasteiger charge is -2.38. The van der Waals surface area contributed by atoms with Crippen LogP contribution in [0.5, 0.6) is 23.0 Å². The number of aromatic hydroxyl groups is 1. The van der Waals surface area contributed by atoms with Gasteiger partial charge in [0.2, 0.25) is 0 Å².